The van der Waals surface area contributed by atoms with Crippen molar-refractivity contribution in [3.8, 4) is 5.75 Å². The van der Waals surface area contributed by atoms with E-state index in [1.807, 2.05) is 11.8 Å². The van der Waals surface area contributed by atoms with Crippen LogP contribution in [0, 0.1) is 6.92 Å². The van der Waals surface area contributed by atoms with Crippen molar-refractivity contribution in [3.05, 3.63) is 73.9 Å². The first-order valence-corrected chi connectivity index (χ1v) is 15.4. The van der Waals surface area contributed by atoms with E-state index in [-0.39, 0.29) is 77.9 Å². The second-order valence-electron chi connectivity index (χ2n) is 11.3. The van der Waals surface area contributed by atoms with Gasteiger partial charge in [0.2, 0.25) is 11.7 Å². The highest BCUT2D eigenvalue weighted by molar-refractivity contribution is 6.33. The number of anilines is 2. The van der Waals surface area contributed by atoms with Gasteiger partial charge in [0.05, 0.1) is 27.7 Å². The number of alkyl halides is 3. The van der Waals surface area contributed by atoms with E-state index in [0.717, 1.165) is 28.3 Å². The first-order valence-electron chi connectivity index (χ1n) is 15.0. The van der Waals surface area contributed by atoms with Crippen molar-refractivity contribution in [1.29, 1.82) is 0 Å². The number of aromatic hydroxyl groups is 1. The normalized spacial score (nSPS) is 15.1. The Morgan fingerprint density at radius 1 is 1.15 bits per heavy atom. The third-order valence-corrected chi connectivity index (χ3v) is 8.49. The van der Waals surface area contributed by atoms with Gasteiger partial charge in [0, 0.05) is 39.3 Å². The van der Waals surface area contributed by atoms with E-state index in [9.17, 15) is 32.7 Å². The molecule has 0 saturated carbocycles. The van der Waals surface area contributed by atoms with Crippen LogP contribution in [0.2, 0.25) is 5.02 Å². The number of rotatable bonds is 7. The second-order valence-corrected chi connectivity index (χ2v) is 11.7. The van der Waals surface area contributed by atoms with Crippen LogP contribution >= 0.6 is 11.6 Å². The highest BCUT2D eigenvalue weighted by atomic mass is 35.5. The number of benzene rings is 1. The molecule has 252 valence electrons. The summed E-state index contributed by atoms with van der Waals surface area (Å²) in [6.45, 7) is 5.21. The Balaban J connectivity index is 1.33. The van der Waals surface area contributed by atoms with E-state index in [1.165, 1.54) is 11.2 Å². The number of nitrogens with one attached hydrogen (secondary N) is 2. The Kier molecular flexibility index (Phi) is 8.82. The van der Waals surface area contributed by atoms with Gasteiger partial charge in [0.15, 0.2) is 17.3 Å². The molecule has 4 aromatic rings. The number of hydrogen-bond donors (Lipinski definition) is 3. The molecule has 14 nitrogen and oxygen atoms in total. The van der Waals surface area contributed by atoms with Crippen LogP contribution < -0.4 is 21.1 Å². The highest BCUT2D eigenvalue weighted by Gasteiger charge is 2.32. The van der Waals surface area contributed by atoms with Crippen molar-refractivity contribution >= 4 is 46.6 Å². The van der Waals surface area contributed by atoms with Gasteiger partial charge in [-0.2, -0.15) is 22.7 Å². The first kappa shape index (κ1) is 32.9. The van der Waals surface area contributed by atoms with Gasteiger partial charge in [0.1, 0.15) is 18.6 Å². The summed E-state index contributed by atoms with van der Waals surface area (Å²) in [7, 11) is 0. The lowest BCUT2D eigenvalue weighted by Crippen LogP contribution is -2.51. The van der Waals surface area contributed by atoms with Gasteiger partial charge < -0.3 is 30.1 Å². The maximum absolute atomic E-state index is 14.0. The second kappa shape index (κ2) is 12.9. The minimum atomic E-state index is -4.61. The van der Waals surface area contributed by atoms with E-state index in [0.29, 0.717) is 25.2 Å². The lowest BCUT2D eigenvalue weighted by Gasteiger charge is -2.36. The third kappa shape index (κ3) is 6.29. The molecule has 48 heavy (non-hydrogen) atoms. The van der Waals surface area contributed by atoms with E-state index in [2.05, 4.69) is 30.7 Å². The number of piperazine rings is 1. The van der Waals surface area contributed by atoms with Crippen LogP contribution in [0.3, 0.4) is 0 Å². The van der Waals surface area contributed by atoms with Gasteiger partial charge in [-0.1, -0.05) is 18.5 Å². The lowest BCUT2D eigenvalue weighted by molar-refractivity contribution is -0.137. The van der Waals surface area contributed by atoms with Crippen molar-refractivity contribution in [2.45, 2.75) is 33.0 Å². The van der Waals surface area contributed by atoms with Crippen molar-refractivity contribution in [2.24, 2.45) is 0 Å². The largest absolute Gasteiger partial charge is 0.504 e. The molecule has 3 N–H and O–H groups in total. The summed E-state index contributed by atoms with van der Waals surface area (Å²) in [5.74, 6) is -1.00. The summed E-state index contributed by atoms with van der Waals surface area (Å²) >= 11 is 6.09. The fourth-order valence-corrected chi connectivity index (χ4v) is 5.82. The smallest absolute Gasteiger partial charge is 0.416 e. The summed E-state index contributed by atoms with van der Waals surface area (Å²) < 4.78 is 42.1. The van der Waals surface area contributed by atoms with Gasteiger partial charge >= 0.3 is 6.18 Å². The Hall–Kier alpha value is -5.03. The molecule has 5 heterocycles. The molecule has 6 rings (SSSR count). The van der Waals surface area contributed by atoms with Crippen molar-refractivity contribution < 1.29 is 27.9 Å². The number of aromatic nitrogens is 6. The van der Waals surface area contributed by atoms with Gasteiger partial charge in [-0.3, -0.25) is 14.4 Å². The van der Waals surface area contributed by atoms with E-state index in [4.69, 9.17) is 11.6 Å². The number of halogens is 4. The Morgan fingerprint density at radius 2 is 1.88 bits per heavy atom. The zero-order chi connectivity index (χ0) is 34.3. The fraction of sp³-hybridized carbons (Fsp3) is 0.367. The molecule has 2 amide bonds. The molecular formula is C30H30ClF3N10O4. The molecule has 0 unspecified atom stereocenters. The molecule has 18 heteroatoms. The van der Waals surface area contributed by atoms with Crippen molar-refractivity contribution in [1.82, 2.24) is 39.3 Å². The molecule has 0 radical (unpaired) electrons. The minimum Gasteiger partial charge on any atom is -0.504 e. The number of carbonyl (C=O) groups is 2. The molecule has 2 aliphatic rings. The van der Waals surface area contributed by atoms with Crippen molar-refractivity contribution in [3.63, 3.8) is 0 Å². The zero-order valence-electron chi connectivity index (χ0n) is 25.8. The predicted molar refractivity (Wildman–Crippen MR) is 169 cm³/mol. The molecule has 0 aliphatic carbocycles. The molecule has 2 aliphatic heterocycles. The van der Waals surface area contributed by atoms with Crippen LogP contribution in [0.5, 0.6) is 5.75 Å². The van der Waals surface area contributed by atoms with Crippen molar-refractivity contribution in [2.75, 3.05) is 49.5 Å². The van der Waals surface area contributed by atoms with E-state index in [1.54, 1.807) is 17.6 Å². The zero-order valence-corrected chi connectivity index (χ0v) is 26.6. The molecule has 3 aromatic heterocycles. The molecule has 1 aromatic carbocycles. The maximum Gasteiger partial charge on any atom is 0.416 e. The Bertz CT molecular complexity index is 2010. The lowest BCUT2D eigenvalue weighted by atomic mass is 10.1. The van der Waals surface area contributed by atoms with Crippen LogP contribution in [-0.2, 0) is 23.9 Å². The molecule has 2 fully saturated rings. The number of amides is 2. The predicted octanol–water partition coefficient (Wildman–Crippen LogP) is 2.52. The highest BCUT2D eigenvalue weighted by Crippen LogP contribution is 2.34. The SMILES string of the molecule is CCc1c(N2CCN(C(=O)c3ncnc(C)c3O)CC2)c(=O)n2nc(C=C3CNC3)nc2n1CC(=O)Nc1ccc(C(F)(F)F)cc1Cl. The average Bonchev–Trinajstić information content (AvgIpc) is 3.46. The third-order valence-electron chi connectivity index (χ3n) is 8.18. The minimum absolute atomic E-state index is 0.0138. The number of aryl methyl sites for hydroxylation is 1. The number of hydrogen-bond acceptors (Lipinski definition) is 10. The monoisotopic (exact) mass is 686 g/mol. The number of fused-ring (bicyclic) bond motifs is 1. The summed E-state index contributed by atoms with van der Waals surface area (Å²) in [6, 6.07) is 2.63. The molecule has 2 saturated heterocycles. The number of nitrogens with zero attached hydrogens (tertiary/aromatic N) is 8. The Labute approximate surface area is 275 Å². The van der Waals surface area contributed by atoms with E-state index >= 15 is 0 Å². The average molecular weight is 687 g/mol. The quantitative estimate of drug-likeness (QED) is 0.263. The van der Waals surface area contributed by atoms with Gasteiger partial charge in [-0.25, -0.2) is 9.97 Å². The summed E-state index contributed by atoms with van der Waals surface area (Å²) in [5, 5.41) is 20.2. The molecule has 0 atom stereocenters. The van der Waals surface area contributed by atoms with Crippen LogP contribution in [0.15, 0.2) is 34.9 Å². The summed E-state index contributed by atoms with van der Waals surface area (Å²) in [5.41, 5.74) is 0.504. The topological polar surface area (TPSA) is 163 Å². The van der Waals surface area contributed by atoms with Crippen LogP contribution in [0.1, 0.15) is 40.2 Å². The first-order chi connectivity index (χ1) is 22.8. The van der Waals surface area contributed by atoms with Crippen LogP contribution in [0.25, 0.3) is 11.9 Å². The standard InChI is InChI=1S/C30H30ClF3N10O4/c1-3-21-25(41-6-8-42(9-7-41)27(47)24-26(46)16(2)36-15-37-24)28(48)44-29(39-22(40-44)10-17-12-35-13-17)43(21)14-23(45)38-20-5-4-18(11-19(20)31)30(32,33)34/h4-5,10-11,15,35,46H,3,6-9,12-14H2,1-2H3,(H,38,45). The van der Waals surface area contributed by atoms with Gasteiger partial charge in [-0.05, 0) is 43.2 Å². The maximum atomic E-state index is 14.0. The summed E-state index contributed by atoms with van der Waals surface area (Å²) in [4.78, 5) is 56.3. The van der Waals surface area contributed by atoms with Gasteiger partial charge in [0.25, 0.3) is 11.5 Å². The fourth-order valence-electron chi connectivity index (χ4n) is 5.59. The van der Waals surface area contributed by atoms with E-state index < -0.39 is 29.1 Å². The van der Waals surface area contributed by atoms with Crippen LogP contribution in [0.4, 0.5) is 24.5 Å². The van der Waals surface area contributed by atoms with Crippen LogP contribution in [-0.4, -0.2) is 90.2 Å². The molecule has 0 spiro atoms. The Morgan fingerprint density at radius 3 is 2.50 bits per heavy atom. The van der Waals surface area contributed by atoms with Gasteiger partial charge in [-0.15, -0.1) is 5.10 Å². The number of carbonyl (C=O) groups excluding carboxylic acids is 2. The summed E-state index contributed by atoms with van der Waals surface area (Å²) in [6.07, 6.45) is -1.34. The molecular weight excluding hydrogens is 657 g/mol. The molecule has 0 bridgehead atoms.